The van der Waals surface area contributed by atoms with E-state index in [-0.39, 0.29) is 22.4 Å². The number of ether oxygens (including phenoxy) is 1. The van der Waals surface area contributed by atoms with Gasteiger partial charge in [0.1, 0.15) is 17.3 Å². The quantitative estimate of drug-likeness (QED) is 0.704. The van der Waals surface area contributed by atoms with Crippen molar-refractivity contribution in [2.45, 2.75) is 19.1 Å². The first-order valence-corrected chi connectivity index (χ1v) is 8.39. The first-order chi connectivity index (χ1) is 11.8. The Bertz CT molecular complexity index is 1090. The Morgan fingerprint density at radius 2 is 2.04 bits per heavy atom. The summed E-state index contributed by atoms with van der Waals surface area (Å²) in [5.41, 5.74) is 0.166. The second-order valence-corrected chi connectivity index (χ2v) is 7.12. The molecule has 1 unspecified atom stereocenters. The zero-order valence-electron chi connectivity index (χ0n) is 13.5. The lowest BCUT2D eigenvalue weighted by Crippen LogP contribution is -2.44. The van der Waals surface area contributed by atoms with Gasteiger partial charge in [0.25, 0.3) is 5.56 Å². The third-order valence-corrected chi connectivity index (χ3v) is 4.96. The Hall–Kier alpha value is -2.08. The molecule has 0 saturated carbocycles. The van der Waals surface area contributed by atoms with Crippen LogP contribution in [-0.2, 0) is 12.1 Å². The Morgan fingerprint density at radius 3 is 2.76 bits per heavy atom. The summed E-state index contributed by atoms with van der Waals surface area (Å²) < 4.78 is 6.58. The molecule has 3 aromatic rings. The molecular formula is C18H14Cl2N2O3. The van der Waals surface area contributed by atoms with Crippen LogP contribution in [0.5, 0.6) is 5.75 Å². The van der Waals surface area contributed by atoms with E-state index in [0.717, 1.165) is 11.1 Å². The van der Waals surface area contributed by atoms with Gasteiger partial charge in [-0.1, -0.05) is 29.3 Å². The maximum absolute atomic E-state index is 13.1. The van der Waals surface area contributed by atoms with Gasteiger partial charge in [0.2, 0.25) is 0 Å². The highest BCUT2D eigenvalue weighted by Gasteiger charge is 2.35. The minimum atomic E-state index is -1.41. The summed E-state index contributed by atoms with van der Waals surface area (Å²) in [5.74, 6) is 0.996. The molecule has 25 heavy (non-hydrogen) atoms. The van der Waals surface area contributed by atoms with Crippen LogP contribution >= 0.6 is 23.2 Å². The summed E-state index contributed by atoms with van der Waals surface area (Å²) in [4.78, 5) is 17.7. The monoisotopic (exact) mass is 376 g/mol. The smallest absolute Gasteiger partial charge is 0.264 e. The fourth-order valence-electron chi connectivity index (χ4n) is 3.33. The van der Waals surface area contributed by atoms with E-state index < -0.39 is 5.72 Å². The molecule has 1 N–H and O–H groups in total. The zero-order valence-corrected chi connectivity index (χ0v) is 15.0. The van der Waals surface area contributed by atoms with Gasteiger partial charge in [-0.25, -0.2) is 4.98 Å². The summed E-state index contributed by atoms with van der Waals surface area (Å²) in [6, 6.07) is 8.55. The van der Waals surface area contributed by atoms with Crippen LogP contribution in [0.25, 0.3) is 22.3 Å². The summed E-state index contributed by atoms with van der Waals surface area (Å²) in [6.07, 6.45) is 0.278. The van der Waals surface area contributed by atoms with E-state index in [0.29, 0.717) is 22.1 Å². The Labute approximate surface area is 153 Å². The van der Waals surface area contributed by atoms with Gasteiger partial charge in [-0.2, -0.15) is 0 Å². The number of rotatable bonds is 1. The Morgan fingerprint density at radius 1 is 1.28 bits per heavy atom. The molecule has 0 aliphatic carbocycles. The van der Waals surface area contributed by atoms with Crippen molar-refractivity contribution in [2.75, 3.05) is 7.11 Å². The predicted molar refractivity (Wildman–Crippen MR) is 97.6 cm³/mol. The van der Waals surface area contributed by atoms with Crippen molar-refractivity contribution in [1.29, 1.82) is 0 Å². The van der Waals surface area contributed by atoms with Crippen LogP contribution in [0.3, 0.4) is 0 Å². The molecule has 2 heterocycles. The first-order valence-electron chi connectivity index (χ1n) is 7.64. The molecule has 1 atom stereocenters. The van der Waals surface area contributed by atoms with Crippen LogP contribution in [0.4, 0.5) is 0 Å². The van der Waals surface area contributed by atoms with Gasteiger partial charge in [0.05, 0.1) is 23.0 Å². The number of hydrogen-bond donors (Lipinski definition) is 1. The molecule has 1 aromatic heterocycles. The lowest BCUT2D eigenvalue weighted by Gasteiger charge is -2.34. The molecule has 128 valence electrons. The summed E-state index contributed by atoms with van der Waals surface area (Å²) in [5, 5.41) is 11.8. The van der Waals surface area contributed by atoms with Crippen molar-refractivity contribution >= 4 is 34.1 Å². The van der Waals surface area contributed by atoms with Crippen molar-refractivity contribution in [1.82, 2.24) is 9.55 Å². The molecule has 0 amide bonds. The second kappa shape index (κ2) is 5.46. The van der Waals surface area contributed by atoms with E-state index in [9.17, 15) is 9.90 Å². The molecule has 4 rings (SSSR count). The molecule has 7 heteroatoms. The third kappa shape index (κ3) is 2.42. The lowest BCUT2D eigenvalue weighted by molar-refractivity contribution is -0.0225. The fraction of sp³-hybridized carbons (Fsp3) is 0.222. The van der Waals surface area contributed by atoms with Crippen molar-refractivity contribution in [2.24, 2.45) is 0 Å². The van der Waals surface area contributed by atoms with Gasteiger partial charge in [-0.15, -0.1) is 0 Å². The van der Waals surface area contributed by atoms with E-state index in [1.54, 1.807) is 26.2 Å². The topological polar surface area (TPSA) is 64.3 Å². The van der Waals surface area contributed by atoms with E-state index in [1.807, 2.05) is 12.1 Å². The van der Waals surface area contributed by atoms with Gasteiger partial charge in [0.15, 0.2) is 0 Å². The van der Waals surface area contributed by atoms with Gasteiger partial charge in [0, 0.05) is 17.0 Å². The number of aliphatic hydroxyl groups is 1. The molecule has 0 spiro atoms. The van der Waals surface area contributed by atoms with Crippen LogP contribution in [0, 0.1) is 0 Å². The lowest BCUT2D eigenvalue weighted by atomic mass is 9.93. The number of fused-ring (bicyclic) bond motifs is 4. The van der Waals surface area contributed by atoms with Crippen LogP contribution in [0.1, 0.15) is 12.5 Å². The average Bonchev–Trinajstić information content (AvgIpc) is 2.55. The van der Waals surface area contributed by atoms with E-state index in [4.69, 9.17) is 27.9 Å². The number of benzene rings is 2. The molecule has 0 saturated heterocycles. The van der Waals surface area contributed by atoms with Crippen LogP contribution < -0.4 is 10.3 Å². The van der Waals surface area contributed by atoms with Crippen LogP contribution in [-0.4, -0.2) is 21.8 Å². The number of aromatic nitrogens is 2. The van der Waals surface area contributed by atoms with Gasteiger partial charge in [-0.3, -0.25) is 9.36 Å². The predicted octanol–water partition coefficient (Wildman–Crippen LogP) is 3.60. The summed E-state index contributed by atoms with van der Waals surface area (Å²) in [6.45, 7) is 1.59. The molecule has 1 aliphatic rings. The summed E-state index contributed by atoms with van der Waals surface area (Å²) in [7, 11) is 1.57. The van der Waals surface area contributed by atoms with Gasteiger partial charge in [-0.05, 0) is 36.8 Å². The average molecular weight is 377 g/mol. The van der Waals surface area contributed by atoms with Crippen molar-refractivity contribution in [3.8, 4) is 17.1 Å². The highest BCUT2D eigenvalue weighted by Crippen LogP contribution is 2.38. The molecular weight excluding hydrogens is 363 g/mol. The first kappa shape index (κ1) is 16.4. The summed E-state index contributed by atoms with van der Waals surface area (Å²) >= 11 is 12.3. The fourth-order valence-corrected chi connectivity index (χ4v) is 3.86. The number of halogens is 2. The largest absolute Gasteiger partial charge is 0.497 e. The second-order valence-electron chi connectivity index (χ2n) is 6.28. The normalized spacial score (nSPS) is 18.8. The van der Waals surface area contributed by atoms with E-state index in [1.165, 1.54) is 10.6 Å². The third-order valence-electron chi connectivity index (χ3n) is 4.46. The Balaban J connectivity index is 2.17. The standard InChI is InChI=1S/C18H14Cl2N2O3/c1-18(24)8-9-3-4-11(25-2)7-12(9)16-21-15-13(17(23)22(16)18)5-10(19)6-14(15)20/h3-7,24H,8H2,1-2H3. The van der Waals surface area contributed by atoms with Crippen molar-refractivity contribution < 1.29 is 9.84 Å². The van der Waals surface area contributed by atoms with E-state index >= 15 is 0 Å². The number of nitrogens with zero attached hydrogens (tertiary/aromatic N) is 2. The molecule has 1 aliphatic heterocycles. The van der Waals surface area contributed by atoms with Crippen molar-refractivity contribution in [3.05, 3.63) is 56.3 Å². The molecule has 0 fully saturated rings. The highest BCUT2D eigenvalue weighted by molar-refractivity contribution is 6.38. The zero-order chi connectivity index (χ0) is 17.9. The SMILES string of the molecule is COc1ccc2c(c1)-c1nc3c(Cl)cc(Cl)cc3c(=O)n1C(C)(O)C2. The number of hydrogen-bond acceptors (Lipinski definition) is 4. The van der Waals surface area contributed by atoms with Crippen LogP contribution in [0.15, 0.2) is 35.1 Å². The molecule has 5 nitrogen and oxygen atoms in total. The highest BCUT2D eigenvalue weighted by atomic mass is 35.5. The Kier molecular flexibility index (Phi) is 3.58. The molecule has 2 aromatic carbocycles. The molecule has 0 bridgehead atoms. The van der Waals surface area contributed by atoms with E-state index in [2.05, 4.69) is 4.98 Å². The van der Waals surface area contributed by atoms with Gasteiger partial charge >= 0.3 is 0 Å². The maximum atomic E-state index is 13.1. The maximum Gasteiger partial charge on any atom is 0.264 e. The molecule has 0 radical (unpaired) electrons. The minimum absolute atomic E-state index is 0.271. The minimum Gasteiger partial charge on any atom is -0.497 e. The number of methoxy groups -OCH3 is 1. The van der Waals surface area contributed by atoms with Crippen molar-refractivity contribution in [3.63, 3.8) is 0 Å². The van der Waals surface area contributed by atoms with Crippen LogP contribution in [0.2, 0.25) is 10.0 Å². The van der Waals surface area contributed by atoms with Gasteiger partial charge < -0.3 is 9.84 Å².